The first-order valence-corrected chi connectivity index (χ1v) is 8.02. The number of ether oxygens (including phenoxy) is 1. The zero-order valence-electron chi connectivity index (χ0n) is 13.9. The lowest BCUT2D eigenvalue weighted by Crippen LogP contribution is -2.31. The molecule has 0 unspecified atom stereocenters. The van der Waals surface area contributed by atoms with E-state index in [2.05, 4.69) is 31.3 Å². The highest BCUT2D eigenvalue weighted by molar-refractivity contribution is 5.96. The van der Waals surface area contributed by atoms with Gasteiger partial charge in [0.2, 0.25) is 0 Å². The Labute approximate surface area is 132 Å². The molecule has 1 aromatic rings. The van der Waals surface area contributed by atoms with E-state index in [1.54, 1.807) is 31.4 Å². The van der Waals surface area contributed by atoms with Crippen LogP contribution in [0.4, 0.5) is 0 Å². The maximum atomic E-state index is 12.2. The molecule has 1 saturated carbocycles. The van der Waals surface area contributed by atoms with E-state index in [1.807, 2.05) is 0 Å². The Morgan fingerprint density at radius 2 is 1.95 bits per heavy atom. The van der Waals surface area contributed by atoms with Crippen molar-refractivity contribution >= 4 is 11.6 Å². The molecule has 0 bridgehead atoms. The normalized spacial score (nSPS) is 23.6. The van der Waals surface area contributed by atoms with Gasteiger partial charge < -0.3 is 4.74 Å². The predicted octanol–water partition coefficient (Wildman–Crippen LogP) is 3.87. The molecule has 1 amide bonds. The Bertz CT molecular complexity index is 535. The molecule has 0 aromatic heterocycles. The van der Waals surface area contributed by atoms with E-state index >= 15 is 0 Å². The largest absolute Gasteiger partial charge is 0.497 e. The topological polar surface area (TPSA) is 50.7 Å². The van der Waals surface area contributed by atoms with E-state index in [0.717, 1.165) is 24.3 Å². The summed E-state index contributed by atoms with van der Waals surface area (Å²) in [7, 11) is 1.61. The van der Waals surface area contributed by atoms with Gasteiger partial charge in [0.25, 0.3) is 5.91 Å². The van der Waals surface area contributed by atoms with Gasteiger partial charge in [0.15, 0.2) is 0 Å². The van der Waals surface area contributed by atoms with Gasteiger partial charge in [0, 0.05) is 17.2 Å². The van der Waals surface area contributed by atoms with Crippen LogP contribution in [-0.2, 0) is 0 Å². The van der Waals surface area contributed by atoms with Crippen LogP contribution >= 0.6 is 0 Å². The Hall–Kier alpha value is -1.84. The summed E-state index contributed by atoms with van der Waals surface area (Å²) in [4.78, 5) is 12.2. The highest BCUT2D eigenvalue weighted by Crippen LogP contribution is 2.31. The summed E-state index contributed by atoms with van der Waals surface area (Å²) in [5.41, 5.74) is 4.45. The lowest BCUT2D eigenvalue weighted by atomic mass is 9.76. The SMILES string of the molecule is COc1ccc(C(=O)N/N=C2/C[C@@H](C)CC[C@H]2C(C)C)cc1. The zero-order chi connectivity index (χ0) is 16.1. The van der Waals surface area contributed by atoms with Crippen LogP contribution in [0, 0.1) is 17.8 Å². The van der Waals surface area contributed by atoms with Crippen molar-refractivity contribution in [3.8, 4) is 5.75 Å². The van der Waals surface area contributed by atoms with Crippen molar-refractivity contribution in [3.63, 3.8) is 0 Å². The first kappa shape index (κ1) is 16.5. The van der Waals surface area contributed by atoms with Crippen molar-refractivity contribution in [1.82, 2.24) is 5.43 Å². The highest BCUT2D eigenvalue weighted by Gasteiger charge is 2.27. The van der Waals surface area contributed by atoms with Crippen LogP contribution in [0.25, 0.3) is 0 Å². The number of carbonyl (C=O) groups excluding carboxylic acids is 1. The summed E-state index contributed by atoms with van der Waals surface area (Å²) in [5, 5.41) is 4.44. The number of benzene rings is 1. The molecule has 4 nitrogen and oxygen atoms in total. The third-order valence-corrected chi connectivity index (χ3v) is 4.41. The Kier molecular flexibility index (Phi) is 5.58. The van der Waals surface area contributed by atoms with E-state index in [-0.39, 0.29) is 5.91 Å². The van der Waals surface area contributed by atoms with Crippen LogP contribution in [0.1, 0.15) is 50.4 Å². The van der Waals surface area contributed by atoms with E-state index in [4.69, 9.17) is 4.74 Å². The van der Waals surface area contributed by atoms with Crippen LogP contribution in [0.3, 0.4) is 0 Å². The molecule has 1 N–H and O–H groups in total. The molecule has 0 heterocycles. The summed E-state index contributed by atoms with van der Waals surface area (Å²) in [6.45, 7) is 6.69. The average molecular weight is 302 g/mol. The summed E-state index contributed by atoms with van der Waals surface area (Å²) < 4.78 is 5.10. The minimum absolute atomic E-state index is 0.170. The molecule has 22 heavy (non-hydrogen) atoms. The maximum Gasteiger partial charge on any atom is 0.271 e. The number of amides is 1. The van der Waals surface area contributed by atoms with E-state index in [1.165, 1.54) is 6.42 Å². The summed E-state index contributed by atoms with van der Waals surface area (Å²) in [6.07, 6.45) is 3.39. The third kappa shape index (κ3) is 4.09. The Morgan fingerprint density at radius 1 is 1.27 bits per heavy atom. The fourth-order valence-corrected chi connectivity index (χ4v) is 3.02. The molecule has 2 atom stereocenters. The molecule has 0 saturated heterocycles. The number of rotatable bonds is 4. The van der Waals surface area contributed by atoms with Gasteiger partial charge in [0.05, 0.1) is 7.11 Å². The van der Waals surface area contributed by atoms with Crippen molar-refractivity contribution in [2.24, 2.45) is 22.9 Å². The Balaban J connectivity index is 2.05. The fraction of sp³-hybridized carbons (Fsp3) is 0.556. The van der Waals surface area contributed by atoms with Gasteiger partial charge in [-0.25, -0.2) is 5.43 Å². The molecule has 0 spiro atoms. The highest BCUT2D eigenvalue weighted by atomic mass is 16.5. The second-order valence-corrected chi connectivity index (χ2v) is 6.51. The van der Waals surface area contributed by atoms with Crippen molar-refractivity contribution < 1.29 is 9.53 Å². The Morgan fingerprint density at radius 3 is 2.55 bits per heavy atom. The fourth-order valence-electron chi connectivity index (χ4n) is 3.02. The quantitative estimate of drug-likeness (QED) is 0.858. The van der Waals surface area contributed by atoms with Gasteiger partial charge in [-0.15, -0.1) is 0 Å². The number of hydrazone groups is 1. The van der Waals surface area contributed by atoms with Crippen molar-refractivity contribution in [1.29, 1.82) is 0 Å². The molecule has 120 valence electrons. The maximum absolute atomic E-state index is 12.2. The predicted molar refractivity (Wildman–Crippen MR) is 89.2 cm³/mol. The van der Waals surface area contributed by atoms with Crippen LogP contribution in [0.15, 0.2) is 29.4 Å². The molecule has 1 aliphatic rings. The van der Waals surface area contributed by atoms with Crippen molar-refractivity contribution in [2.45, 2.75) is 40.0 Å². The minimum atomic E-state index is -0.170. The third-order valence-electron chi connectivity index (χ3n) is 4.41. The first-order chi connectivity index (χ1) is 10.5. The van der Waals surface area contributed by atoms with E-state index in [9.17, 15) is 4.79 Å². The molecule has 1 aliphatic carbocycles. The van der Waals surface area contributed by atoms with Crippen LogP contribution in [-0.4, -0.2) is 18.7 Å². The average Bonchev–Trinajstić information content (AvgIpc) is 2.52. The van der Waals surface area contributed by atoms with Crippen molar-refractivity contribution in [3.05, 3.63) is 29.8 Å². The number of nitrogens with zero attached hydrogens (tertiary/aromatic N) is 1. The number of hydrogen-bond donors (Lipinski definition) is 1. The minimum Gasteiger partial charge on any atom is -0.497 e. The number of carbonyl (C=O) groups is 1. The lowest BCUT2D eigenvalue weighted by molar-refractivity contribution is 0.0954. The van der Waals surface area contributed by atoms with Crippen LogP contribution in [0.2, 0.25) is 0 Å². The zero-order valence-corrected chi connectivity index (χ0v) is 13.9. The summed E-state index contributed by atoms with van der Waals surface area (Å²) in [5.74, 6) is 2.25. The first-order valence-electron chi connectivity index (χ1n) is 8.02. The standard InChI is InChI=1S/C18H26N2O2/c1-12(2)16-10-5-13(3)11-17(16)19-20-18(21)14-6-8-15(22-4)9-7-14/h6-9,12-13,16H,5,10-11H2,1-4H3,(H,20,21)/b19-17-/t13-,16-/m0/s1. The summed E-state index contributed by atoms with van der Waals surface area (Å²) >= 11 is 0. The van der Waals surface area contributed by atoms with Crippen molar-refractivity contribution in [2.75, 3.05) is 7.11 Å². The van der Waals surface area contributed by atoms with Gasteiger partial charge in [-0.05, 0) is 55.4 Å². The molecule has 1 fully saturated rings. The van der Waals surface area contributed by atoms with Gasteiger partial charge in [-0.2, -0.15) is 5.10 Å². The van der Waals surface area contributed by atoms with Gasteiger partial charge >= 0.3 is 0 Å². The van der Waals surface area contributed by atoms with Gasteiger partial charge in [0.1, 0.15) is 5.75 Å². The van der Waals surface area contributed by atoms with E-state index in [0.29, 0.717) is 23.3 Å². The number of methoxy groups -OCH3 is 1. The van der Waals surface area contributed by atoms with Crippen LogP contribution < -0.4 is 10.2 Å². The molecular weight excluding hydrogens is 276 g/mol. The smallest absolute Gasteiger partial charge is 0.271 e. The second-order valence-electron chi connectivity index (χ2n) is 6.51. The lowest BCUT2D eigenvalue weighted by Gasteiger charge is -2.30. The monoisotopic (exact) mass is 302 g/mol. The molecule has 2 rings (SSSR count). The molecule has 1 aromatic carbocycles. The van der Waals surface area contributed by atoms with Crippen LogP contribution in [0.5, 0.6) is 5.75 Å². The number of hydrogen-bond acceptors (Lipinski definition) is 3. The number of nitrogens with one attached hydrogen (secondary N) is 1. The molecular formula is C18H26N2O2. The van der Waals surface area contributed by atoms with E-state index < -0.39 is 0 Å². The van der Waals surface area contributed by atoms with Gasteiger partial charge in [-0.1, -0.05) is 20.8 Å². The molecule has 4 heteroatoms. The molecule has 0 radical (unpaired) electrons. The second kappa shape index (κ2) is 7.43. The summed E-state index contributed by atoms with van der Waals surface area (Å²) in [6, 6.07) is 7.05. The van der Waals surface area contributed by atoms with Gasteiger partial charge in [-0.3, -0.25) is 4.79 Å². The molecule has 0 aliphatic heterocycles.